The maximum atomic E-state index is 12.6. The number of ether oxygens (including phenoxy) is 1. The van der Waals surface area contributed by atoms with Crippen LogP contribution in [0.2, 0.25) is 0 Å². The minimum atomic E-state index is -4.32. The second-order valence-corrected chi connectivity index (χ2v) is 5.43. The summed E-state index contributed by atoms with van der Waals surface area (Å²) in [5.41, 5.74) is 0.152. The first-order valence-corrected chi connectivity index (χ1v) is 7.21. The predicted molar refractivity (Wildman–Crippen MR) is 74.4 cm³/mol. The molecule has 8 heteroatoms. The second kappa shape index (κ2) is 6.29. The van der Waals surface area contributed by atoms with Gasteiger partial charge >= 0.3 is 6.18 Å². The molecule has 1 saturated heterocycles. The molecule has 0 saturated carbocycles. The van der Waals surface area contributed by atoms with Crippen LogP contribution in [0.3, 0.4) is 0 Å². The molecule has 1 atom stereocenters. The summed E-state index contributed by atoms with van der Waals surface area (Å²) in [4.78, 5) is 6.30. The summed E-state index contributed by atoms with van der Waals surface area (Å²) in [7, 11) is 0. The number of hydrogen-bond acceptors (Lipinski definition) is 5. The van der Waals surface area contributed by atoms with Crippen molar-refractivity contribution in [2.75, 3.05) is 19.8 Å². The van der Waals surface area contributed by atoms with E-state index < -0.39 is 11.7 Å². The molecule has 2 heterocycles. The maximum absolute atomic E-state index is 12.6. The molecular weight excluding hydrogens is 311 g/mol. The zero-order valence-corrected chi connectivity index (χ0v) is 12.5. The van der Waals surface area contributed by atoms with E-state index in [4.69, 9.17) is 9.26 Å². The lowest BCUT2D eigenvalue weighted by Crippen LogP contribution is -2.39. The Labute approximate surface area is 131 Å². The lowest BCUT2D eigenvalue weighted by atomic mass is 10.1. The maximum Gasteiger partial charge on any atom is 0.416 e. The number of morpholine rings is 1. The van der Waals surface area contributed by atoms with Gasteiger partial charge in [0.15, 0.2) is 5.82 Å². The van der Waals surface area contributed by atoms with Crippen LogP contribution < -0.4 is 0 Å². The number of rotatable bonds is 3. The number of alkyl halides is 3. The molecule has 0 aliphatic carbocycles. The molecule has 1 fully saturated rings. The Morgan fingerprint density at radius 2 is 2.00 bits per heavy atom. The average Bonchev–Trinajstić information content (AvgIpc) is 2.94. The molecule has 0 unspecified atom stereocenters. The van der Waals surface area contributed by atoms with E-state index in [0.29, 0.717) is 38.0 Å². The van der Waals surface area contributed by atoms with Crippen LogP contribution in [-0.4, -0.2) is 34.8 Å². The van der Waals surface area contributed by atoms with Crippen molar-refractivity contribution < 1.29 is 22.4 Å². The monoisotopic (exact) mass is 327 g/mol. The third-order valence-corrected chi connectivity index (χ3v) is 3.75. The van der Waals surface area contributed by atoms with Crippen LogP contribution in [0.15, 0.2) is 28.8 Å². The summed E-state index contributed by atoms with van der Waals surface area (Å²) in [6.45, 7) is 3.85. The standard InChI is InChI=1S/C15H16F3N3O2/c1-10-19-14(20-23-10)13-9-22-7-6-21(13)8-11-2-4-12(5-3-11)15(16,17)18/h2-5,13H,6-9H2,1H3/t13-/m1/s1. The Kier molecular flexibility index (Phi) is 4.36. The molecule has 1 aliphatic heterocycles. The van der Waals surface area contributed by atoms with Gasteiger partial charge in [-0.3, -0.25) is 4.90 Å². The predicted octanol–water partition coefficient (Wildman–Crippen LogP) is 2.97. The minimum absolute atomic E-state index is 0.163. The highest BCUT2D eigenvalue weighted by Gasteiger charge is 2.31. The number of halogens is 3. The van der Waals surface area contributed by atoms with Gasteiger partial charge in [-0.25, -0.2) is 0 Å². The van der Waals surface area contributed by atoms with Gasteiger partial charge in [0, 0.05) is 20.0 Å². The fourth-order valence-corrected chi connectivity index (χ4v) is 2.55. The van der Waals surface area contributed by atoms with Crippen molar-refractivity contribution in [1.29, 1.82) is 0 Å². The molecule has 0 bridgehead atoms. The molecule has 124 valence electrons. The van der Waals surface area contributed by atoms with Crippen LogP contribution in [-0.2, 0) is 17.5 Å². The smallest absolute Gasteiger partial charge is 0.378 e. The highest BCUT2D eigenvalue weighted by Crippen LogP contribution is 2.30. The van der Waals surface area contributed by atoms with E-state index in [1.54, 1.807) is 6.92 Å². The highest BCUT2D eigenvalue weighted by molar-refractivity contribution is 5.24. The summed E-state index contributed by atoms with van der Waals surface area (Å²) >= 11 is 0. The third-order valence-electron chi connectivity index (χ3n) is 3.75. The van der Waals surface area contributed by atoms with Crippen molar-refractivity contribution >= 4 is 0 Å². The number of aryl methyl sites for hydroxylation is 1. The largest absolute Gasteiger partial charge is 0.416 e. The van der Waals surface area contributed by atoms with Crippen LogP contribution in [0.4, 0.5) is 13.2 Å². The molecule has 0 radical (unpaired) electrons. The van der Waals surface area contributed by atoms with Gasteiger partial charge in [-0.05, 0) is 17.7 Å². The van der Waals surface area contributed by atoms with Gasteiger partial charge in [-0.15, -0.1) is 0 Å². The Balaban J connectivity index is 1.74. The lowest BCUT2D eigenvalue weighted by molar-refractivity contribution is -0.137. The molecule has 1 aromatic carbocycles. The van der Waals surface area contributed by atoms with Crippen LogP contribution in [0.25, 0.3) is 0 Å². The van der Waals surface area contributed by atoms with Gasteiger partial charge in [0.1, 0.15) is 0 Å². The van der Waals surface area contributed by atoms with Crippen LogP contribution in [0.5, 0.6) is 0 Å². The van der Waals surface area contributed by atoms with E-state index >= 15 is 0 Å². The molecule has 5 nitrogen and oxygen atoms in total. The minimum Gasteiger partial charge on any atom is -0.378 e. The fourth-order valence-electron chi connectivity index (χ4n) is 2.55. The summed E-state index contributed by atoms with van der Waals surface area (Å²) in [5.74, 6) is 1.01. The highest BCUT2D eigenvalue weighted by atomic mass is 19.4. The van der Waals surface area contributed by atoms with Gasteiger partial charge < -0.3 is 9.26 Å². The van der Waals surface area contributed by atoms with Crippen LogP contribution in [0, 0.1) is 6.92 Å². The summed E-state index contributed by atoms with van der Waals surface area (Å²) in [5, 5.41) is 3.92. The van der Waals surface area contributed by atoms with Gasteiger partial charge in [-0.1, -0.05) is 17.3 Å². The van der Waals surface area contributed by atoms with Gasteiger partial charge in [0.25, 0.3) is 0 Å². The molecule has 0 amide bonds. The van der Waals surface area contributed by atoms with E-state index in [9.17, 15) is 13.2 Å². The molecule has 23 heavy (non-hydrogen) atoms. The van der Waals surface area contributed by atoms with E-state index in [-0.39, 0.29) is 6.04 Å². The first-order valence-electron chi connectivity index (χ1n) is 7.21. The summed E-state index contributed by atoms with van der Waals surface area (Å²) in [6, 6.07) is 5.03. The number of aromatic nitrogens is 2. The second-order valence-electron chi connectivity index (χ2n) is 5.43. The van der Waals surface area contributed by atoms with Gasteiger partial charge in [0.2, 0.25) is 5.89 Å². The summed E-state index contributed by atoms with van der Waals surface area (Å²) in [6.07, 6.45) is -4.32. The Bertz CT molecular complexity index is 655. The molecular formula is C15H16F3N3O2. The zero-order chi connectivity index (χ0) is 16.4. The first-order chi connectivity index (χ1) is 10.9. The van der Waals surface area contributed by atoms with Gasteiger partial charge in [-0.2, -0.15) is 18.2 Å². The quantitative estimate of drug-likeness (QED) is 0.867. The Hall–Kier alpha value is -1.93. The molecule has 0 N–H and O–H groups in total. The van der Waals surface area contributed by atoms with Crippen molar-refractivity contribution in [2.45, 2.75) is 25.7 Å². The van der Waals surface area contributed by atoms with E-state index in [0.717, 1.165) is 17.7 Å². The topological polar surface area (TPSA) is 51.4 Å². The number of nitrogens with zero attached hydrogens (tertiary/aromatic N) is 3. The fraction of sp³-hybridized carbons (Fsp3) is 0.467. The number of hydrogen-bond donors (Lipinski definition) is 0. The van der Waals surface area contributed by atoms with Crippen LogP contribution >= 0.6 is 0 Å². The summed E-state index contributed by atoms with van der Waals surface area (Å²) < 4.78 is 48.3. The SMILES string of the molecule is Cc1nc([C@H]2COCCN2Cc2ccc(C(F)(F)F)cc2)no1. The molecule has 1 aliphatic rings. The van der Waals surface area contributed by atoms with Gasteiger partial charge in [0.05, 0.1) is 24.8 Å². The van der Waals surface area contributed by atoms with Crippen molar-refractivity contribution in [3.63, 3.8) is 0 Å². The Morgan fingerprint density at radius 1 is 1.26 bits per heavy atom. The zero-order valence-electron chi connectivity index (χ0n) is 12.5. The Morgan fingerprint density at radius 3 is 2.61 bits per heavy atom. The van der Waals surface area contributed by atoms with Crippen molar-refractivity contribution in [3.8, 4) is 0 Å². The molecule has 2 aromatic rings. The van der Waals surface area contributed by atoms with Crippen LogP contribution in [0.1, 0.15) is 28.9 Å². The van der Waals surface area contributed by atoms with E-state index in [1.807, 2.05) is 0 Å². The van der Waals surface area contributed by atoms with Crippen molar-refractivity contribution in [3.05, 3.63) is 47.1 Å². The lowest BCUT2D eigenvalue weighted by Gasteiger charge is -2.33. The molecule has 3 rings (SSSR count). The number of benzene rings is 1. The van der Waals surface area contributed by atoms with E-state index in [1.165, 1.54) is 12.1 Å². The van der Waals surface area contributed by atoms with Crippen molar-refractivity contribution in [2.24, 2.45) is 0 Å². The first kappa shape index (κ1) is 15.9. The molecule has 1 aromatic heterocycles. The normalized spacial score (nSPS) is 19.9. The molecule has 0 spiro atoms. The van der Waals surface area contributed by atoms with Crippen molar-refractivity contribution in [1.82, 2.24) is 15.0 Å². The third kappa shape index (κ3) is 3.70. The average molecular weight is 327 g/mol. The van der Waals surface area contributed by atoms with E-state index in [2.05, 4.69) is 15.0 Å².